The van der Waals surface area contributed by atoms with Crippen molar-refractivity contribution >= 4 is 28.9 Å². The predicted octanol–water partition coefficient (Wildman–Crippen LogP) is 3.01. The first-order valence-electron chi connectivity index (χ1n) is 7.05. The molecule has 21 heavy (non-hydrogen) atoms. The van der Waals surface area contributed by atoms with E-state index >= 15 is 0 Å². The summed E-state index contributed by atoms with van der Waals surface area (Å²) in [6, 6.07) is 6.74. The van der Waals surface area contributed by atoms with Gasteiger partial charge in [0.25, 0.3) is 0 Å². The zero-order valence-electron chi connectivity index (χ0n) is 11.5. The highest BCUT2D eigenvalue weighted by molar-refractivity contribution is 6.50. The van der Waals surface area contributed by atoms with E-state index in [1.807, 2.05) is 6.07 Å². The van der Waals surface area contributed by atoms with Gasteiger partial charge in [-0.3, -0.25) is 4.90 Å². The van der Waals surface area contributed by atoms with Crippen molar-refractivity contribution in [2.24, 2.45) is 5.92 Å². The molecule has 1 saturated heterocycles. The number of piperazine rings is 1. The van der Waals surface area contributed by atoms with Crippen LogP contribution in [0.3, 0.4) is 0 Å². The highest BCUT2D eigenvalue weighted by Gasteiger charge is 2.52. The summed E-state index contributed by atoms with van der Waals surface area (Å²) in [5.41, 5.74) is 0.821. The SMILES string of the molecule is N#Cc1c(F)cccc1N1CCN(CC2CC2(Cl)Cl)CC1. The molecule has 3 nitrogen and oxygen atoms in total. The van der Waals surface area contributed by atoms with Gasteiger partial charge in [-0.05, 0) is 18.6 Å². The maximum Gasteiger partial charge on any atom is 0.143 e. The summed E-state index contributed by atoms with van der Waals surface area (Å²) in [6.07, 6.45) is 0.860. The minimum absolute atomic E-state index is 0.133. The molecule has 0 radical (unpaired) electrons. The fourth-order valence-electron chi connectivity index (χ4n) is 2.84. The molecule has 1 unspecified atom stereocenters. The van der Waals surface area contributed by atoms with Gasteiger partial charge in [0.15, 0.2) is 0 Å². The molecule has 6 heteroatoms. The fourth-order valence-corrected chi connectivity index (χ4v) is 3.35. The summed E-state index contributed by atoms with van der Waals surface area (Å²) >= 11 is 12.1. The number of benzene rings is 1. The summed E-state index contributed by atoms with van der Waals surface area (Å²) in [4.78, 5) is 4.40. The van der Waals surface area contributed by atoms with Crippen molar-refractivity contribution in [1.29, 1.82) is 5.26 Å². The Morgan fingerprint density at radius 1 is 1.29 bits per heavy atom. The van der Waals surface area contributed by atoms with Crippen molar-refractivity contribution in [1.82, 2.24) is 4.90 Å². The van der Waals surface area contributed by atoms with Gasteiger partial charge in [-0.1, -0.05) is 6.07 Å². The van der Waals surface area contributed by atoms with Crippen molar-refractivity contribution in [3.63, 3.8) is 0 Å². The average molecular weight is 328 g/mol. The maximum absolute atomic E-state index is 13.7. The molecule has 1 heterocycles. The van der Waals surface area contributed by atoms with Gasteiger partial charge in [0.2, 0.25) is 0 Å². The topological polar surface area (TPSA) is 30.3 Å². The van der Waals surface area contributed by atoms with Crippen LogP contribution in [0.4, 0.5) is 10.1 Å². The molecule has 1 aliphatic carbocycles. The van der Waals surface area contributed by atoms with Gasteiger partial charge < -0.3 is 4.90 Å². The third-order valence-corrected chi connectivity index (χ3v) is 5.18. The van der Waals surface area contributed by atoms with E-state index in [-0.39, 0.29) is 5.56 Å². The van der Waals surface area contributed by atoms with E-state index < -0.39 is 10.2 Å². The highest BCUT2D eigenvalue weighted by Crippen LogP contribution is 2.53. The first-order valence-corrected chi connectivity index (χ1v) is 7.80. The van der Waals surface area contributed by atoms with E-state index in [1.165, 1.54) is 6.07 Å². The molecule has 1 saturated carbocycles. The van der Waals surface area contributed by atoms with Crippen LogP contribution in [0.25, 0.3) is 0 Å². The third kappa shape index (κ3) is 3.11. The summed E-state index contributed by atoms with van der Waals surface area (Å²) in [5, 5.41) is 9.11. The van der Waals surface area contributed by atoms with Crippen LogP contribution in [-0.2, 0) is 0 Å². The second-order valence-corrected chi connectivity index (χ2v) is 7.24. The van der Waals surface area contributed by atoms with Crippen LogP contribution in [0, 0.1) is 23.1 Å². The molecule has 0 N–H and O–H groups in total. The summed E-state index contributed by atoms with van der Waals surface area (Å²) in [7, 11) is 0. The van der Waals surface area contributed by atoms with Crippen molar-refractivity contribution in [3.8, 4) is 6.07 Å². The molecule has 1 aliphatic heterocycles. The van der Waals surface area contributed by atoms with E-state index in [4.69, 9.17) is 28.5 Å². The Labute approximate surface area is 133 Å². The number of rotatable bonds is 3. The molecular formula is C15H16Cl2FN3. The third-order valence-electron chi connectivity index (χ3n) is 4.25. The Kier molecular flexibility index (Phi) is 4.00. The molecule has 2 aliphatic rings. The van der Waals surface area contributed by atoms with Crippen LogP contribution in [0.2, 0.25) is 0 Å². The summed E-state index contributed by atoms with van der Waals surface area (Å²) < 4.78 is 13.1. The fraction of sp³-hybridized carbons (Fsp3) is 0.533. The van der Waals surface area contributed by atoms with E-state index in [2.05, 4.69) is 9.80 Å². The van der Waals surface area contributed by atoms with Crippen LogP contribution >= 0.6 is 23.2 Å². The molecule has 1 aromatic carbocycles. The lowest BCUT2D eigenvalue weighted by atomic mass is 10.1. The number of alkyl halides is 2. The Hall–Kier alpha value is -1.02. The smallest absolute Gasteiger partial charge is 0.143 e. The molecular weight excluding hydrogens is 312 g/mol. The Morgan fingerprint density at radius 3 is 2.52 bits per heavy atom. The normalized spacial score (nSPS) is 24.7. The van der Waals surface area contributed by atoms with Crippen LogP contribution in [0.1, 0.15) is 12.0 Å². The molecule has 0 aromatic heterocycles. The summed E-state index contributed by atoms with van der Waals surface area (Å²) in [6.45, 7) is 4.23. The van der Waals surface area contributed by atoms with Gasteiger partial charge in [-0.15, -0.1) is 23.2 Å². The van der Waals surface area contributed by atoms with E-state index in [1.54, 1.807) is 12.1 Å². The van der Waals surface area contributed by atoms with Crippen molar-refractivity contribution < 1.29 is 4.39 Å². The Bertz CT molecular complexity index is 577. The predicted molar refractivity (Wildman–Crippen MR) is 82.3 cm³/mol. The van der Waals surface area contributed by atoms with Crippen molar-refractivity contribution in [2.75, 3.05) is 37.6 Å². The van der Waals surface area contributed by atoms with Gasteiger partial charge in [-0.2, -0.15) is 5.26 Å². The number of anilines is 1. The van der Waals surface area contributed by atoms with Crippen molar-refractivity contribution in [2.45, 2.75) is 10.8 Å². The number of halogens is 3. The van der Waals surface area contributed by atoms with Crippen LogP contribution < -0.4 is 4.90 Å². The largest absolute Gasteiger partial charge is 0.368 e. The second-order valence-electron chi connectivity index (χ2n) is 5.70. The lowest BCUT2D eigenvalue weighted by Gasteiger charge is -2.36. The first-order chi connectivity index (χ1) is 10.0. The number of nitrogens with zero attached hydrogens (tertiary/aromatic N) is 3. The summed E-state index contributed by atoms with van der Waals surface area (Å²) in [5.74, 6) is -0.0966. The first kappa shape index (κ1) is 14.9. The maximum atomic E-state index is 13.7. The average Bonchev–Trinajstić information content (AvgIpc) is 3.06. The zero-order valence-corrected chi connectivity index (χ0v) is 13.0. The number of hydrogen-bond donors (Lipinski definition) is 0. The van der Waals surface area contributed by atoms with Crippen molar-refractivity contribution in [3.05, 3.63) is 29.6 Å². The van der Waals surface area contributed by atoms with Crippen LogP contribution in [-0.4, -0.2) is 42.0 Å². The Morgan fingerprint density at radius 2 is 1.95 bits per heavy atom. The molecule has 0 amide bonds. The van der Waals surface area contributed by atoms with Gasteiger partial charge in [-0.25, -0.2) is 4.39 Å². The van der Waals surface area contributed by atoms with E-state index in [9.17, 15) is 4.39 Å². The number of nitriles is 1. The van der Waals surface area contributed by atoms with Crippen LogP contribution in [0.5, 0.6) is 0 Å². The van der Waals surface area contributed by atoms with Gasteiger partial charge in [0.05, 0.1) is 5.69 Å². The molecule has 112 valence electrons. The minimum atomic E-state index is -0.534. The molecule has 0 bridgehead atoms. The zero-order chi connectivity index (χ0) is 15.0. The lowest BCUT2D eigenvalue weighted by Crippen LogP contribution is -2.47. The minimum Gasteiger partial charge on any atom is -0.368 e. The number of hydrogen-bond acceptors (Lipinski definition) is 3. The monoisotopic (exact) mass is 327 g/mol. The van der Waals surface area contributed by atoms with Gasteiger partial charge >= 0.3 is 0 Å². The Balaban J connectivity index is 1.61. The molecule has 2 fully saturated rings. The second kappa shape index (κ2) is 5.64. The highest BCUT2D eigenvalue weighted by atomic mass is 35.5. The van der Waals surface area contributed by atoms with Gasteiger partial charge in [0, 0.05) is 38.6 Å². The quantitative estimate of drug-likeness (QED) is 0.799. The van der Waals surface area contributed by atoms with E-state index in [0.717, 1.165) is 39.1 Å². The van der Waals surface area contributed by atoms with Crippen LogP contribution in [0.15, 0.2) is 18.2 Å². The lowest BCUT2D eigenvalue weighted by molar-refractivity contribution is 0.247. The molecule has 1 atom stereocenters. The van der Waals surface area contributed by atoms with Gasteiger partial charge in [0.1, 0.15) is 21.8 Å². The molecule has 1 aromatic rings. The molecule has 0 spiro atoms. The van der Waals surface area contributed by atoms with E-state index in [0.29, 0.717) is 11.6 Å². The molecule has 3 rings (SSSR count). The standard InChI is InChI=1S/C15H16Cl2FN3/c16-15(17)8-11(15)10-20-4-6-21(7-5-20)14-3-1-2-13(18)12(14)9-19/h1-3,11H,4-8,10H2.